The van der Waals surface area contributed by atoms with Gasteiger partial charge in [0, 0.05) is 6.26 Å². The molecule has 0 aromatic heterocycles. The molecule has 9 heteroatoms. The van der Waals surface area contributed by atoms with Crippen molar-refractivity contribution in [2.45, 2.75) is 49.2 Å². The van der Waals surface area contributed by atoms with Crippen molar-refractivity contribution in [1.29, 1.82) is 0 Å². The maximum atomic E-state index is 13.0. The topological polar surface area (TPSA) is 139 Å². The molecule has 1 aliphatic carbocycles. The Kier molecular flexibility index (Phi) is 7.91. The fourth-order valence-corrected chi connectivity index (χ4v) is 5.40. The molecule has 2 aromatic carbocycles. The number of benzene rings is 2. The van der Waals surface area contributed by atoms with Crippen molar-refractivity contribution in [3.63, 3.8) is 0 Å². The third-order valence-electron chi connectivity index (χ3n) is 6.76. The van der Waals surface area contributed by atoms with Crippen molar-refractivity contribution < 1.29 is 23.2 Å². The fraction of sp³-hybridized carbons (Fsp3) is 0.360. The maximum absolute atomic E-state index is 13.0. The Labute approximate surface area is 200 Å². The first-order chi connectivity index (χ1) is 16.1. The quantitative estimate of drug-likeness (QED) is 0.186. The summed E-state index contributed by atoms with van der Waals surface area (Å²) < 4.78 is 23.9. The highest BCUT2D eigenvalue weighted by molar-refractivity contribution is 7.92. The molecule has 34 heavy (non-hydrogen) atoms. The average molecular weight is 486 g/mol. The number of hydrogen-bond acceptors (Lipinski definition) is 6. The van der Waals surface area contributed by atoms with Gasteiger partial charge in [-0.3, -0.25) is 20.2 Å². The molecule has 1 aliphatic rings. The van der Waals surface area contributed by atoms with Crippen LogP contribution in [0.15, 0.2) is 54.6 Å². The van der Waals surface area contributed by atoms with Crippen molar-refractivity contribution >= 4 is 27.7 Å². The van der Waals surface area contributed by atoms with Gasteiger partial charge in [0.05, 0.1) is 5.92 Å². The van der Waals surface area contributed by atoms with E-state index in [1.807, 2.05) is 47.9 Å². The van der Waals surface area contributed by atoms with Crippen molar-refractivity contribution in [3.8, 4) is 0 Å². The van der Waals surface area contributed by atoms with E-state index in [9.17, 15) is 23.2 Å². The Balaban J connectivity index is 2.22. The lowest BCUT2D eigenvalue weighted by atomic mass is 9.72. The SMILES string of the molecule is C[C@](C(=O)NN)(c1cccc(C2CCC2)c1[C@H](C/C=C/c1ccccc1)C(=O)NO)S(C)(=O)=O. The van der Waals surface area contributed by atoms with Crippen LogP contribution < -0.4 is 16.7 Å². The van der Waals surface area contributed by atoms with Crippen LogP contribution in [0.25, 0.3) is 6.08 Å². The molecule has 2 aromatic rings. The number of sulfone groups is 1. The second-order valence-corrected chi connectivity index (χ2v) is 11.2. The largest absolute Gasteiger partial charge is 0.293 e. The van der Waals surface area contributed by atoms with Crippen LogP contribution in [0.5, 0.6) is 0 Å². The lowest BCUT2D eigenvalue weighted by Crippen LogP contribution is -2.50. The highest BCUT2D eigenvalue weighted by Crippen LogP contribution is 2.45. The van der Waals surface area contributed by atoms with Crippen molar-refractivity contribution in [1.82, 2.24) is 10.9 Å². The summed E-state index contributed by atoms with van der Waals surface area (Å²) in [6.07, 6.45) is 7.61. The lowest BCUT2D eigenvalue weighted by molar-refractivity contribution is -0.131. The van der Waals surface area contributed by atoms with E-state index < -0.39 is 32.3 Å². The third-order valence-corrected chi connectivity index (χ3v) is 8.65. The smallest absolute Gasteiger partial charge is 0.259 e. The molecule has 0 spiro atoms. The summed E-state index contributed by atoms with van der Waals surface area (Å²) in [5.74, 6) is 3.01. The summed E-state index contributed by atoms with van der Waals surface area (Å²) in [7, 11) is -4.02. The van der Waals surface area contributed by atoms with Crippen LogP contribution in [0.2, 0.25) is 0 Å². The van der Waals surface area contributed by atoms with Crippen molar-refractivity contribution in [2.24, 2.45) is 5.84 Å². The van der Waals surface area contributed by atoms with Crippen LogP contribution in [-0.4, -0.2) is 31.7 Å². The predicted octanol–water partition coefficient (Wildman–Crippen LogP) is 2.90. The van der Waals surface area contributed by atoms with Gasteiger partial charge in [0.2, 0.25) is 0 Å². The summed E-state index contributed by atoms with van der Waals surface area (Å²) in [6, 6.07) is 14.6. The number of amides is 2. The maximum Gasteiger partial charge on any atom is 0.259 e. The van der Waals surface area contributed by atoms with E-state index in [1.165, 1.54) is 6.92 Å². The molecule has 182 valence electrons. The van der Waals surface area contributed by atoms with E-state index in [-0.39, 0.29) is 17.9 Å². The summed E-state index contributed by atoms with van der Waals surface area (Å²) in [6.45, 7) is 1.29. The lowest BCUT2D eigenvalue weighted by Gasteiger charge is -2.35. The van der Waals surface area contributed by atoms with Crippen LogP contribution in [0.4, 0.5) is 0 Å². The molecule has 0 heterocycles. The zero-order valence-corrected chi connectivity index (χ0v) is 20.1. The van der Waals surface area contributed by atoms with Crippen molar-refractivity contribution in [2.75, 3.05) is 6.26 Å². The number of nitrogens with two attached hydrogens (primary N) is 1. The minimum Gasteiger partial charge on any atom is -0.293 e. The Morgan fingerprint density at radius 2 is 1.85 bits per heavy atom. The first kappa shape index (κ1) is 25.6. The Morgan fingerprint density at radius 3 is 2.38 bits per heavy atom. The normalized spacial score (nSPS) is 16.9. The summed E-state index contributed by atoms with van der Waals surface area (Å²) in [4.78, 5) is 25.8. The molecule has 0 aliphatic heterocycles. The fourth-order valence-electron chi connectivity index (χ4n) is 4.43. The van der Waals surface area contributed by atoms with Gasteiger partial charge >= 0.3 is 0 Å². The molecular weight excluding hydrogens is 454 g/mol. The molecule has 1 saturated carbocycles. The second-order valence-electron chi connectivity index (χ2n) is 8.79. The van der Waals surface area contributed by atoms with Crippen LogP contribution in [0, 0.1) is 0 Å². The first-order valence-electron chi connectivity index (χ1n) is 11.1. The Bertz CT molecular complexity index is 1180. The van der Waals surface area contributed by atoms with E-state index in [1.54, 1.807) is 23.7 Å². The number of hydrazine groups is 1. The van der Waals surface area contributed by atoms with Gasteiger partial charge in [-0.2, -0.15) is 0 Å². The van der Waals surface area contributed by atoms with E-state index in [2.05, 4.69) is 0 Å². The summed E-state index contributed by atoms with van der Waals surface area (Å²) >= 11 is 0. The van der Waals surface area contributed by atoms with Gasteiger partial charge in [0.1, 0.15) is 0 Å². The molecule has 0 radical (unpaired) electrons. The number of rotatable bonds is 9. The van der Waals surface area contributed by atoms with Gasteiger partial charge in [0.15, 0.2) is 14.6 Å². The van der Waals surface area contributed by atoms with Gasteiger partial charge in [-0.25, -0.2) is 19.7 Å². The Hall–Kier alpha value is -3.01. The molecule has 2 atom stereocenters. The first-order valence-corrected chi connectivity index (χ1v) is 13.0. The van der Waals surface area contributed by atoms with Crippen LogP contribution in [0.1, 0.15) is 66.7 Å². The molecule has 0 saturated heterocycles. The van der Waals surface area contributed by atoms with Gasteiger partial charge in [-0.05, 0) is 54.4 Å². The number of carbonyl (C=O) groups is 2. The van der Waals surface area contributed by atoms with Gasteiger partial charge < -0.3 is 0 Å². The van der Waals surface area contributed by atoms with Gasteiger partial charge in [-0.15, -0.1) is 0 Å². The highest BCUT2D eigenvalue weighted by atomic mass is 32.2. The number of allylic oxidation sites excluding steroid dienone is 1. The number of hydrogen-bond donors (Lipinski definition) is 4. The molecule has 3 rings (SSSR count). The Morgan fingerprint density at radius 1 is 1.18 bits per heavy atom. The zero-order valence-electron chi connectivity index (χ0n) is 19.3. The molecular formula is C25H31N3O5S. The molecule has 8 nitrogen and oxygen atoms in total. The van der Waals surface area contributed by atoms with E-state index >= 15 is 0 Å². The highest BCUT2D eigenvalue weighted by Gasteiger charge is 2.48. The van der Waals surface area contributed by atoms with Crippen LogP contribution in [0.3, 0.4) is 0 Å². The van der Waals surface area contributed by atoms with Gasteiger partial charge in [0.25, 0.3) is 11.8 Å². The minimum absolute atomic E-state index is 0.131. The second kappa shape index (κ2) is 10.5. The zero-order chi connectivity index (χ0) is 24.9. The van der Waals surface area contributed by atoms with Crippen LogP contribution >= 0.6 is 0 Å². The van der Waals surface area contributed by atoms with Crippen molar-refractivity contribution in [3.05, 3.63) is 76.9 Å². The average Bonchev–Trinajstić information content (AvgIpc) is 2.79. The number of nitrogens with one attached hydrogen (secondary N) is 2. The summed E-state index contributed by atoms with van der Waals surface area (Å²) in [5, 5.41) is 9.55. The minimum atomic E-state index is -4.02. The van der Waals surface area contributed by atoms with Gasteiger partial charge in [-0.1, -0.05) is 67.1 Å². The molecule has 5 N–H and O–H groups in total. The van der Waals surface area contributed by atoms with E-state index in [0.717, 1.165) is 36.6 Å². The third kappa shape index (κ3) is 4.91. The standard InChI is InChI=1S/C25H31N3O5S/c1-25(24(30)27-26,34(2,32)33)21-16-8-14-19(18-12-7-13-18)22(21)20(23(29)28-31)15-6-11-17-9-4-3-5-10-17/h3-6,8-11,14,16,18,20,31H,7,12-13,15,26H2,1-2H3,(H,27,30)(H,28,29)/b11-6+/t20-,25+/m0/s1. The number of hydroxylamine groups is 1. The van der Waals surface area contributed by atoms with E-state index in [4.69, 9.17) is 5.84 Å². The monoisotopic (exact) mass is 485 g/mol. The number of carbonyl (C=O) groups excluding carboxylic acids is 2. The summed E-state index contributed by atoms with van der Waals surface area (Å²) in [5.41, 5.74) is 6.07. The van der Waals surface area contributed by atoms with E-state index in [0.29, 0.717) is 5.56 Å². The predicted molar refractivity (Wildman–Crippen MR) is 130 cm³/mol. The molecule has 2 amide bonds. The molecule has 1 fully saturated rings. The molecule has 0 bridgehead atoms. The van der Waals surface area contributed by atoms with Crippen LogP contribution in [-0.2, 0) is 24.2 Å². The molecule has 0 unspecified atom stereocenters.